The molecule has 8 nitrogen and oxygen atoms in total. The van der Waals surface area contributed by atoms with Gasteiger partial charge in [-0.2, -0.15) is 18.3 Å². The van der Waals surface area contributed by atoms with E-state index in [-0.39, 0.29) is 18.6 Å². The van der Waals surface area contributed by atoms with Gasteiger partial charge in [0.1, 0.15) is 12.4 Å². The van der Waals surface area contributed by atoms with Gasteiger partial charge in [-0.1, -0.05) is 50.6 Å². The summed E-state index contributed by atoms with van der Waals surface area (Å²) < 4.78 is 46.8. The Morgan fingerprint density at radius 3 is 2.29 bits per heavy atom. The molecule has 0 fully saturated rings. The first-order chi connectivity index (χ1) is 17.8. The predicted molar refractivity (Wildman–Crippen MR) is 140 cm³/mol. The number of methoxy groups -OCH3 is 1. The number of alkyl halides is 3. The Morgan fingerprint density at radius 2 is 1.68 bits per heavy atom. The summed E-state index contributed by atoms with van der Waals surface area (Å²) in [5.74, 6) is -0.146. The summed E-state index contributed by atoms with van der Waals surface area (Å²) in [6, 6.07) is 13.2. The van der Waals surface area contributed by atoms with Crippen LogP contribution in [0.4, 0.5) is 29.5 Å². The lowest BCUT2D eigenvalue weighted by Gasteiger charge is -2.23. The number of amides is 3. The number of rotatable bonds is 8. The number of hydrogen-bond acceptors (Lipinski definition) is 4. The van der Waals surface area contributed by atoms with Gasteiger partial charge in [-0.05, 0) is 31.2 Å². The maximum absolute atomic E-state index is 13.4. The van der Waals surface area contributed by atoms with Crippen LogP contribution in [-0.2, 0) is 21.1 Å². The minimum Gasteiger partial charge on any atom is -0.383 e. The third-order valence-corrected chi connectivity index (χ3v) is 5.68. The number of aromatic nitrogens is 2. The van der Waals surface area contributed by atoms with Gasteiger partial charge in [0.15, 0.2) is 0 Å². The number of nitrogens with one attached hydrogen (secondary N) is 2. The van der Waals surface area contributed by atoms with Crippen molar-refractivity contribution in [2.75, 3.05) is 37.4 Å². The number of carbonyl (C=O) groups excluding carboxylic acids is 2. The molecule has 0 unspecified atom stereocenters. The summed E-state index contributed by atoms with van der Waals surface area (Å²) in [7, 11) is 1.42. The van der Waals surface area contributed by atoms with Gasteiger partial charge < -0.3 is 20.3 Å². The molecular formula is C27H32F3N5O3. The van der Waals surface area contributed by atoms with Crippen LogP contribution in [0.25, 0.3) is 5.69 Å². The Morgan fingerprint density at radius 1 is 1.03 bits per heavy atom. The van der Waals surface area contributed by atoms with Crippen LogP contribution in [0, 0.1) is 6.92 Å². The zero-order valence-corrected chi connectivity index (χ0v) is 22.0. The van der Waals surface area contributed by atoms with Gasteiger partial charge in [-0.15, -0.1) is 0 Å². The van der Waals surface area contributed by atoms with Crippen molar-refractivity contribution < 1.29 is 27.5 Å². The van der Waals surface area contributed by atoms with Crippen LogP contribution in [0.5, 0.6) is 0 Å². The number of aryl methyl sites for hydroxylation is 1. The van der Waals surface area contributed by atoms with Crippen molar-refractivity contribution in [3.05, 3.63) is 71.4 Å². The largest absolute Gasteiger partial charge is 0.418 e. The monoisotopic (exact) mass is 531 g/mol. The molecule has 11 heteroatoms. The Hall–Kier alpha value is -3.86. The number of carbonyl (C=O) groups is 2. The molecule has 0 aliphatic heterocycles. The maximum atomic E-state index is 13.4. The molecular weight excluding hydrogens is 499 g/mol. The molecule has 2 N–H and O–H groups in total. The molecule has 2 aromatic carbocycles. The number of hydrogen-bond donors (Lipinski definition) is 2. The van der Waals surface area contributed by atoms with E-state index < -0.39 is 35.9 Å². The van der Waals surface area contributed by atoms with Gasteiger partial charge in [0.25, 0.3) is 0 Å². The van der Waals surface area contributed by atoms with Crippen LogP contribution in [0.2, 0.25) is 0 Å². The number of urea groups is 1. The van der Waals surface area contributed by atoms with E-state index in [2.05, 4.69) is 15.7 Å². The van der Waals surface area contributed by atoms with Crippen molar-refractivity contribution in [1.82, 2.24) is 14.7 Å². The standard InChI is InChI=1S/C27H32F3N5O3/c1-18-10-12-19(13-11-18)35-23(16-22(33-35)26(2,3)4)32-24(36)17-34(14-15-38-5)25(37)31-21-9-7-6-8-20(21)27(28,29)30/h6-13,16H,14-15,17H2,1-5H3,(H,31,37)(H,32,36). The third kappa shape index (κ3) is 7.34. The lowest BCUT2D eigenvalue weighted by Crippen LogP contribution is -2.42. The molecule has 204 valence electrons. The molecule has 3 amide bonds. The Labute approximate surface area is 219 Å². The molecule has 0 atom stereocenters. The van der Waals surface area contributed by atoms with E-state index in [1.165, 1.54) is 19.2 Å². The molecule has 1 heterocycles. The minimum atomic E-state index is -4.66. The van der Waals surface area contributed by atoms with Crippen molar-refractivity contribution in [3.63, 3.8) is 0 Å². The van der Waals surface area contributed by atoms with E-state index in [1.54, 1.807) is 10.7 Å². The Bertz CT molecular complexity index is 1260. The summed E-state index contributed by atoms with van der Waals surface area (Å²) in [5, 5.41) is 9.74. The van der Waals surface area contributed by atoms with Crippen molar-refractivity contribution >= 4 is 23.4 Å². The summed E-state index contributed by atoms with van der Waals surface area (Å²) >= 11 is 0. The lowest BCUT2D eigenvalue weighted by molar-refractivity contribution is -0.137. The van der Waals surface area contributed by atoms with Crippen molar-refractivity contribution in [2.45, 2.75) is 39.3 Å². The third-order valence-electron chi connectivity index (χ3n) is 5.68. The highest BCUT2D eigenvalue weighted by molar-refractivity contribution is 5.97. The second kappa shape index (κ2) is 11.7. The molecule has 0 saturated heterocycles. The Balaban J connectivity index is 1.83. The zero-order valence-electron chi connectivity index (χ0n) is 22.0. The molecule has 0 bridgehead atoms. The highest BCUT2D eigenvalue weighted by Crippen LogP contribution is 2.34. The second-order valence-electron chi connectivity index (χ2n) is 9.85. The van der Waals surface area contributed by atoms with E-state index in [9.17, 15) is 22.8 Å². The first-order valence-corrected chi connectivity index (χ1v) is 12.0. The van der Waals surface area contributed by atoms with E-state index in [0.717, 1.165) is 34.0 Å². The summed E-state index contributed by atoms with van der Waals surface area (Å²) in [6.45, 7) is 7.59. The van der Waals surface area contributed by atoms with Gasteiger partial charge >= 0.3 is 12.2 Å². The first kappa shape index (κ1) is 28.7. The summed E-state index contributed by atoms with van der Waals surface area (Å²) in [6.07, 6.45) is -4.66. The van der Waals surface area contributed by atoms with Crippen molar-refractivity contribution in [1.29, 1.82) is 0 Å². The van der Waals surface area contributed by atoms with E-state index in [1.807, 2.05) is 52.0 Å². The number of ether oxygens (including phenoxy) is 1. The quantitative estimate of drug-likeness (QED) is 0.395. The number of benzene rings is 2. The summed E-state index contributed by atoms with van der Waals surface area (Å²) in [5.41, 5.74) is 0.854. The highest BCUT2D eigenvalue weighted by Gasteiger charge is 2.34. The number of halogens is 3. The SMILES string of the molecule is COCCN(CC(=O)Nc1cc(C(C)(C)C)nn1-c1ccc(C)cc1)C(=O)Nc1ccccc1C(F)(F)F. The second-order valence-corrected chi connectivity index (χ2v) is 9.85. The molecule has 0 aliphatic carbocycles. The molecule has 0 saturated carbocycles. The van der Waals surface area contributed by atoms with Gasteiger partial charge in [0, 0.05) is 25.1 Å². The zero-order chi connectivity index (χ0) is 28.1. The van der Waals surface area contributed by atoms with Crippen LogP contribution >= 0.6 is 0 Å². The lowest BCUT2D eigenvalue weighted by atomic mass is 9.92. The predicted octanol–water partition coefficient (Wildman–Crippen LogP) is 5.62. The van der Waals surface area contributed by atoms with Crippen LogP contribution < -0.4 is 10.6 Å². The number of para-hydroxylation sites is 1. The van der Waals surface area contributed by atoms with Crippen LogP contribution in [-0.4, -0.2) is 53.4 Å². The van der Waals surface area contributed by atoms with Crippen LogP contribution in [0.3, 0.4) is 0 Å². The van der Waals surface area contributed by atoms with Crippen molar-refractivity contribution in [2.24, 2.45) is 0 Å². The molecule has 0 radical (unpaired) electrons. The van der Waals surface area contributed by atoms with E-state index in [0.29, 0.717) is 5.82 Å². The molecule has 3 aromatic rings. The molecule has 0 aliphatic rings. The van der Waals surface area contributed by atoms with Crippen molar-refractivity contribution in [3.8, 4) is 5.69 Å². The first-order valence-electron chi connectivity index (χ1n) is 12.0. The van der Waals surface area contributed by atoms with E-state index in [4.69, 9.17) is 4.74 Å². The molecule has 38 heavy (non-hydrogen) atoms. The molecule has 1 aromatic heterocycles. The average molecular weight is 532 g/mol. The van der Waals surface area contributed by atoms with Crippen LogP contribution in [0.1, 0.15) is 37.6 Å². The highest BCUT2D eigenvalue weighted by atomic mass is 19.4. The number of nitrogens with zero attached hydrogens (tertiary/aromatic N) is 3. The summed E-state index contributed by atoms with van der Waals surface area (Å²) in [4.78, 5) is 27.1. The fourth-order valence-electron chi connectivity index (χ4n) is 3.56. The fraction of sp³-hybridized carbons (Fsp3) is 0.370. The minimum absolute atomic E-state index is 0.0194. The molecule has 0 spiro atoms. The fourth-order valence-corrected chi connectivity index (χ4v) is 3.56. The maximum Gasteiger partial charge on any atom is 0.418 e. The van der Waals surface area contributed by atoms with Gasteiger partial charge in [-0.3, -0.25) is 4.79 Å². The van der Waals surface area contributed by atoms with Gasteiger partial charge in [0.2, 0.25) is 5.91 Å². The Kier molecular flexibility index (Phi) is 8.82. The smallest absolute Gasteiger partial charge is 0.383 e. The van der Waals surface area contributed by atoms with Gasteiger partial charge in [0.05, 0.1) is 29.2 Å². The normalized spacial score (nSPS) is 11.8. The topological polar surface area (TPSA) is 88.5 Å². The molecule has 3 rings (SSSR count). The number of anilines is 2. The average Bonchev–Trinajstić information content (AvgIpc) is 3.26. The van der Waals surface area contributed by atoms with E-state index >= 15 is 0 Å². The van der Waals surface area contributed by atoms with Crippen LogP contribution in [0.15, 0.2) is 54.6 Å². The van der Waals surface area contributed by atoms with Gasteiger partial charge in [-0.25, -0.2) is 9.48 Å².